The third-order valence-corrected chi connectivity index (χ3v) is 22.0. The highest BCUT2D eigenvalue weighted by Gasteiger charge is 2.43. The smallest absolute Gasteiger partial charge is 0.434 e. The molecule has 0 amide bonds. The number of para-hydroxylation sites is 6. The van der Waals surface area contributed by atoms with Gasteiger partial charge in [0.25, 0.3) is 35.3 Å². The standard InChI is InChI=1S/C82H81N6O9P/c1-5-9-13-20-32-51-55-42-57-52(33-21-14-10-6-2)59-44-61-54(35-23-16-12-8-4)62-45-60-53(34-22-15-11-7-3)58-43-56(51)70-47-72(58)93-80-82(88-68-41-29-27-39-66(68)86-80)95-74(60)49-76(62)97-98(89,50-30-18-17-19-31-50)96-75(61)48-73(59)94-81-79(85-65-38-26-28-40-67(65)87-81)92-71(57)46-69(55)90-77-78(91-70)84-64-37-25-24-36-63(64)83-77/h17-19,24-31,36-49,51-54H,5-16,20-23,32-35H2,1-4H3. The Kier molecular flexibility index (Phi) is 17.6. The Labute approximate surface area is 572 Å². The van der Waals surface area contributed by atoms with Crippen molar-refractivity contribution in [3.05, 3.63) is 196 Å². The minimum absolute atomic E-state index is 0.153. The lowest BCUT2D eigenvalue weighted by molar-refractivity contribution is 0.375. The highest BCUT2D eigenvalue weighted by atomic mass is 31.2. The molecule has 1 aliphatic carbocycles. The van der Waals surface area contributed by atoms with E-state index in [0.29, 0.717) is 104 Å². The number of hydrogen-bond donors (Lipinski definition) is 0. The summed E-state index contributed by atoms with van der Waals surface area (Å²) in [6.45, 7) is 9.00. The molecule has 0 spiro atoms. The zero-order valence-electron chi connectivity index (χ0n) is 56.2. The summed E-state index contributed by atoms with van der Waals surface area (Å²) in [5.74, 6) is 3.35. The zero-order valence-corrected chi connectivity index (χ0v) is 57.1. The van der Waals surface area contributed by atoms with Crippen molar-refractivity contribution in [2.24, 2.45) is 0 Å². The van der Waals surface area contributed by atoms with E-state index in [1.54, 1.807) is 0 Å². The van der Waals surface area contributed by atoms with E-state index in [2.05, 4.69) is 52.0 Å². The fourth-order valence-electron chi connectivity index (χ4n) is 15.2. The second kappa shape index (κ2) is 27.4. The van der Waals surface area contributed by atoms with Crippen LogP contribution in [0, 0.1) is 0 Å². The number of nitrogens with zero attached hydrogens (tertiary/aromatic N) is 6. The maximum absolute atomic E-state index is 16.8. The van der Waals surface area contributed by atoms with Crippen LogP contribution in [0.15, 0.2) is 152 Å². The van der Waals surface area contributed by atoms with Crippen molar-refractivity contribution in [1.29, 1.82) is 0 Å². The molecular formula is C82H81N6O9P. The highest BCUT2D eigenvalue weighted by Crippen LogP contribution is 2.62. The van der Waals surface area contributed by atoms with Crippen LogP contribution in [0.2, 0.25) is 0 Å². The van der Waals surface area contributed by atoms with Crippen molar-refractivity contribution in [3.63, 3.8) is 0 Å². The Bertz CT molecular complexity index is 4620. The van der Waals surface area contributed by atoms with Gasteiger partial charge in [-0.25, -0.2) is 34.5 Å². The van der Waals surface area contributed by atoms with Crippen molar-refractivity contribution in [2.75, 3.05) is 0 Å². The number of hydrogen-bond acceptors (Lipinski definition) is 15. The lowest BCUT2D eigenvalue weighted by Crippen LogP contribution is -2.20. The van der Waals surface area contributed by atoms with Gasteiger partial charge in [-0.3, -0.25) is 0 Å². The molecule has 498 valence electrons. The maximum Gasteiger partial charge on any atom is 0.462 e. The third kappa shape index (κ3) is 12.2. The molecule has 0 radical (unpaired) electrons. The first-order chi connectivity index (χ1) is 48.2. The van der Waals surface area contributed by atoms with Gasteiger partial charge in [0, 0.05) is 92.4 Å². The number of rotatable bonds is 21. The fourth-order valence-corrected chi connectivity index (χ4v) is 16.8. The van der Waals surface area contributed by atoms with Crippen LogP contribution in [0.1, 0.15) is 224 Å². The lowest BCUT2D eigenvalue weighted by Gasteiger charge is -2.33. The molecule has 15 nitrogen and oxygen atoms in total. The van der Waals surface area contributed by atoms with Crippen LogP contribution < -0.4 is 42.8 Å². The lowest BCUT2D eigenvalue weighted by atomic mass is 9.76. The summed E-state index contributed by atoms with van der Waals surface area (Å²) in [4.78, 5) is 31.5. The quantitative estimate of drug-likeness (QED) is 0.0492. The predicted molar refractivity (Wildman–Crippen MR) is 382 cm³/mol. The molecule has 16 heteroatoms. The second-order valence-electron chi connectivity index (χ2n) is 26.9. The second-order valence-corrected chi connectivity index (χ2v) is 28.8. The summed E-state index contributed by atoms with van der Waals surface area (Å²) in [6.07, 6.45) is 18.9. The van der Waals surface area contributed by atoms with Crippen LogP contribution in [-0.2, 0) is 4.57 Å². The first-order valence-corrected chi connectivity index (χ1v) is 37.4. The molecule has 8 aromatic carbocycles. The molecule has 0 N–H and O–H groups in total. The van der Waals surface area contributed by atoms with E-state index in [0.717, 1.165) is 154 Å². The summed E-state index contributed by atoms with van der Waals surface area (Å²) in [7, 11) is -4.40. The van der Waals surface area contributed by atoms with Gasteiger partial charge < -0.3 is 37.5 Å². The monoisotopic (exact) mass is 1320 g/mol. The zero-order chi connectivity index (χ0) is 66.3. The molecule has 11 aromatic rings. The van der Waals surface area contributed by atoms with Crippen LogP contribution >= 0.6 is 7.60 Å². The Hall–Kier alpha value is -9.59. The van der Waals surface area contributed by atoms with Crippen LogP contribution in [0.4, 0.5) is 0 Å². The predicted octanol–water partition coefficient (Wildman–Crippen LogP) is 23.2. The summed E-state index contributed by atoms with van der Waals surface area (Å²) in [5.41, 5.74) is 11.0. The summed E-state index contributed by atoms with van der Waals surface area (Å²) >= 11 is 0. The molecular weight excluding hydrogens is 1240 g/mol. The molecule has 3 aromatic heterocycles. The third-order valence-electron chi connectivity index (χ3n) is 20.2. The van der Waals surface area contributed by atoms with Gasteiger partial charge in [0.2, 0.25) is 0 Å². The minimum atomic E-state index is -4.40. The minimum Gasteiger partial charge on any atom is -0.434 e. The Balaban J connectivity index is 1.08. The Morgan fingerprint density at radius 3 is 0.745 bits per heavy atom. The van der Waals surface area contributed by atoms with Crippen molar-refractivity contribution in [2.45, 2.75) is 180 Å². The molecule has 4 aliphatic heterocycles. The normalized spacial score (nSPS) is 18.1. The molecule has 0 fully saturated rings. The van der Waals surface area contributed by atoms with Crippen molar-refractivity contribution in [1.82, 2.24) is 29.9 Å². The van der Waals surface area contributed by atoms with Crippen molar-refractivity contribution < 1.29 is 42.0 Å². The van der Waals surface area contributed by atoms with Gasteiger partial charge in [-0.1, -0.05) is 185 Å². The molecule has 8 bridgehead atoms. The van der Waals surface area contributed by atoms with E-state index in [-0.39, 0.29) is 59.0 Å². The van der Waals surface area contributed by atoms with Gasteiger partial charge in [0.15, 0.2) is 0 Å². The molecule has 2 unspecified atom stereocenters. The van der Waals surface area contributed by atoms with Crippen LogP contribution in [-0.4, -0.2) is 29.9 Å². The van der Waals surface area contributed by atoms with E-state index in [4.69, 9.17) is 67.4 Å². The van der Waals surface area contributed by atoms with E-state index in [1.165, 1.54) is 0 Å². The molecule has 0 saturated heterocycles. The Morgan fingerprint density at radius 2 is 0.500 bits per heavy atom. The largest absolute Gasteiger partial charge is 0.462 e. The van der Waals surface area contributed by atoms with Crippen LogP contribution in [0.25, 0.3) is 33.1 Å². The van der Waals surface area contributed by atoms with E-state index >= 15 is 4.57 Å². The van der Waals surface area contributed by atoms with Crippen molar-refractivity contribution in [3.8, 4) is 81.3 Å². The summed E-state index contributed by atoms with van der Waals surface area (Å²) in [6, 6.07) is 49.8. The van der Waals surface area contributed by atoms with Crippen LogP contribution in [0.3, 0.4) is 0 Å². The topological polar surface area (TPSA) is 168 Å². The molecule has 0 saturated carbocycles. The number of unbranched alkanes of at least 4 members (excludes halogenated alkanes) is 12. The fraction of sp³-hybridized carbons (Fsp3) is 0.341. The van der Waals surface area contributed by atoms with E-state index in [1.807, 2.05) is 127 Å². The first kappa shape index (κ1) is 63.2. The number of fused-ring (bicyclic) bond motifs is 6. The van der Waals surface area contributed by atoms with E-state index in [9.17, 15) is 0 Å². The molecule has 16 rings (SSSR count). The molecule has 98 heavy (non-hydrogen) atoms. The van der Waals surface area contributed by atoms with Gasteiger partial charge in [0.1, 0.15) is 46.0 Å². The van der Waals surface area contributed by atoms with Gasteiger partial charge >= 0.3 is 7.60 Å². The average Bonchev–Trinajstić information content (AvgIpc) is 1.28. The van der Waals surface area contributed by atoms with Gasteiger partial charge in [-0.05, 0) is 98.5 Å². The van der Waals surface area contributed by atoms with Crippen molar-refractivity contribution >= 4 is 46.0 Å². The van der Waals surface area contributed by atoms with Crippen LogP contribution in [0.5, 0.6) is 81.3 Å². The van der Waals surface area contributed by atoms with Gasteiger partial charge in [0.05, 0.1) is 38.4 Å². The van der Waals surface area contributed by atoms with Gasteiger partial charge in [-0.2, -0.15) is 0 Å². The molecule has 5 aliphatic rings. The summed E-state index contributed by atoms with van der Waals surface area (Å²) < 4.78 is 76.0. The molecule has 2 atom stereocenters. The summed E-state index contributed by atoms with van der Waals surface area (Å²) in [5, 5.41) is 0.380. The average molecular weight is 1330 g/mol. The first-order valence-electron chi connectivity index (χ1n) is 35.8. The maximum atomic E-state index is 16.8. The SMILES string of the molecule is CCCCCCC1c2cc3c4cc2Oc2nc5ccccc5nc2Oc2cc5c(cc21)C(CCCCCC)c1cc2c(cc1Oc1nc6ccccc6nc1O5)OP(=O)(c1ccccc1)Oc1cc(c(cc1C2CCCCCC)C3CCCCCC)Oc1nc2ccccc2nc1O4. The molecule has 7 heterocycles. The Morgan fingerprint density at radius 1 is 0.276 bits per heavy atom. The highest BCUT2D eigenvalue weighted by molar-refractivity contribution is 7.63. The number of benzene rings is 8. The van der Waals surface area contributed by atoms with Gasteiger partial charge in [-0.15, -0.1) is 0 Å². The number of aromatic nitrogens is 6. The number of ether oxygens (including phenoxy) is 6. The van der Waals surface area contributed by atoms with E-state index < -0.39 is 7.60 Å².